The summed E-state index contributed by atoms with van der Waals surface area (Å²) in [4.78, 5) is 40.8. The highest BCUT2D eigenvalue weighted by Gasteiger charge is 2.20. The highest BCUT2D eigenvalue weighted by molar-refractivity contribution is 5.98. The smallest absolute Gasteiger partial charge is 0.294 e. The van der Waals surface area contributed by atoms with Gasteiger partial charge in [0.15, 0.2) is 11.4 Å². The molecule has 0 radical (unpaired) electrons. The van der Waals surface area contributed by atoms with Gasteiger partial charge in [0.2, 0.25) is 0 Å². The second kappa shape index (κ2) is 8.30. The Morgan fingerprint density at radius 1 is 1.16 bits per heavy atom. The van der Waals surface area contributed by atoms with Crippen molar-refractivity contribution in [3.05, 3.63) is 81.0 Å². The summed E-state index contributed by atoms with van der Waals surface area (Å²) in [7, 11) is 2.93. The van der Waals surface area contributed by atoms with Crippen LogP contribution in [0.15, 0.2) is 59.8 Å². The monoisotopic (exact) mass is 435 g/mol. The molecule has 4 aromatic rings. The number of carbonyl (C=O) groups is 1. The molecule has 0 atom stereocenters. The Morgan fingerprint density at radius 3 is 2.66 bits per heavy atom. The Morgan fingerprint density at radius 2 is 1.94 bits per heavy atom. The first-order chi connectivity index (χ1) is 15.4. The Kier molecular flexibility index (Phi) is 5.37. The van der Waals surface area contributed by atoms with E-state index in [9.17, 15) is 19.7 Å². The third-order valence-corrected chi connectivity index (χ3v) is 4.88. The number of nitro groups is 1. The number of nitro benzene ring substituents is 1. The molecular weight excluding hydrogens is 418 g/mol. The van der Waals surface area contributed by atoms with Gasteiger partial charge in [-0.2, -0.15) is 5.10 Å². The predicted molar refractivity (Wildman–Crippen MR) is 114 cm³/mol. The van der Waals surface area contributed by atoms with Crippen molar-refractivity contribution in [3.63, 3.8) is 0 Å². The molecule has 0 amide bonds. The fourth-order valence-corrected chi connectivity index (χ4v) is 3.30. The van der Waals surface area contributed by atoms with Crippen molar-refractivity contribution in [1.29, 1.82) is 0 Å². The first kappa shape index (κ1) is 20.7. The molecule has 0 bridgehead atoms. The first-order valence-electron chi connectivity index (χ1n) is 9.36. The quantitative estimate of drug-likeness (QED) is 0.246. The SMILES string of the molecule is COc1ccc(C(=O)Cn2cnc3c(cnn3-c3ccccc3[N+](=O)[O-])c2=O)c(OC)c1. The molecule has 0 unspecified atom stereocenters. The summed E-state index contributed by atoms with van der Waals surface area (Å²) >= 11 is 0. The maximum atomic E-state index is 12.9. The summed E-state index contributed by atoms with van der Waals surface area (Å²) in [5, 5.41) is 15.6. The summed E-state index contributed by atoms with van der Waals surface area (Å²) < 4.78 is 12.8. The number of ether oxygens (including phenoxy) is 2. The highest BCUT2D eigenvalue weighted by atomic mass is 16.6. The van der Waals surface area contributed by atoms with Crippen LogP contribution in [0.5, 0.6) is 11.5 Å². The van der Waals surface area contributed by atoms with Crippen molar-refractivity contribution < 1.29 is 19.2 Å². The second-order valence-electron chi connectivity index (χ2n) is 6.71. The van der Waals surface area contributed by atoms with Gasteiger partial charge in [-0.25, -0.2) is 9.67 Å². The summed E-state index contributed by atoms with van der Waals surface area (Å²) in [6.45, 7) is -0.277. The Balaban J connectivity index is 1.72. The number of methoxy groups -OCH3 is 2. The van der Waals surface area contributed by atoms with Crippen molar-refractivity contribution in [2.75, 3.05) is 14.2 Å². The lowest BCUT2D eigenvalue weighted by molar-refractivity contribution is -0.384. The number of Topliss-reactive ketones (excluding diaryl/α,β-unsaturated/α-hetero) is 1. The van der Waals surface area contributed by atoms with Crippen LogP contribution in [0, 0.1) is 10.1 Å². The molecular formula is C21H17N5O6. The van der Waals surface area contributed by atoms with E-state index in [-0.39, 0.29) is 40.3 Å². The van der Waals surface area contributed by atoms with Crippen LogP contribution < -0.4 is 15.0 Å². The number of ketones is 1. The third-order valence-electron chi connectivity index (χ3n) is 4.88. The van der Waals surface area contributed by atoms with Crippen molar-refractivity contribution >= 4 is 22.5 Å². The van der Waals surface area contributed by atoms with Crippen LogP contribution in [0.1, 0.15) is 10.4 Å². The number of hydrogen-bond acceptors (Lipinski definition) is 8. The molecule has 0 saturated carbocycles. The summed E-state index contributed by atoms with van der Waals surface area (Å²) in [5.41, 5.74) is -0.0620. The molecule has 4 rings (SSSR count). The van der Waals surface area contributed by atoms with E-state index in [0.717, 1.165) is 4.57 Å². The number of hydrogen-bond donors (Lipinski definition) is 0. The Labute approximate surface area is 180 Å². The zero-order chi connectivity index (χ0) is 22.8. The Bertz CT molecular complexity index is 1410. The molecule has 0 aliphatic rings. The molecule has 2 aromatic heterocycles. The number of aromatic nitrogens is 4. The van der Waals surface area contributed by atoms with Gasteiger partial charge in [-0.15, -0.1) is 0 Å². The zero-order valence-corrected chi connectivity index (χ0v) is 17.1. The van der Waals surface area contributed by atoms with Gasteiger partial charge in [0.25, 0.3) is 11.2 Å². The maximum absolute atomic E-state index is 12.9. The highest BCUT2D eigenvalue weighted by Crippen LogP contribution is 2.26. The van der Waals surface area contributed by atoms with Gasteiger partial charge >= 0.3 is 0 Å². The van der Waals surface area contributed by atoms with Crippen LogP contribution in [-0.2, 0) is 6.54 Å². The van der Waals surface area contributed by atoms with Crippen molar-refractivity contribution in [3.8, 4) is 17.2 Å². The summed E-state index contributed by atoms with van der Waals surface area (Å²) in [6.07, 6.45) is 2.49. The van der Waals surface area contributed by atoms with Crippen LogP contribution in [-0.4, -0.2) is 44.3 Å². The molecule has 0 N–H and O–H groups in total. The van der Waals surface area contributed by atoms with Gasteiger partial charge < -0.3 is 9.47 Å². The van der Waals surface area contributed by atoms with E-state index in [2.05, 4.69) is 10.1 Å². The molecule has 32 heavy (non-hydrogen) atoms. The normalized spacial score (nSPS) is 10.8. The van der Waals surface area contributed by atoms with Crippen LogP contribution in [0.4, 0.5) is 5.69 Å². The molecule has 2 aromatic carbocycles. The minimum absolute atomic E-state index is 0.125. The average Bonchev–Trinajstić information content (AvgIpc) is 3.25. The zero-order valence-electron chi connectivity index (χ0n) is 17.1. The lowest BCUT2D eigenvalue weighted by Crippen LogP contribution is -2.25. The van der Waals surface area contributed by atoms with Gasteiger partial charge in [-0.3, -0.25) is 24.3 Å². The fourth-order valence-electron chi connectivity index (χ4n) is 3.30. The number of para-hydroxylation sites is 2. The molecule has 11 nitrogen and oxygen atoms in total. The van der Waals surface area contributed by atoms with Crippen molar-refractivity contribution in [1.82, 2.24) is 19.3 Å². The van der Waals surface area contributed by atoms with Crippen LogP contribution >= 0.6 is 0 Å². The molecule has 0 spiro atoms. The summed E-state index contributed by atoms with van der Waals surface area (Å²) in [6, 6.07) is 10.8. The van der Waals surface area contributed by atoms with Gasteiger partial charge in [0, 0.05) is 12.1 Å². The third kappa shape index (κ3) is 3.55. The lowest BCUT2D eigenvalue weighted by Gasteiger charge is -2.10. The minimum Gasteiger partial charge on any atom is -0.497 e. The van der Waals surface area contributed by atoms with Crippen LogP contribution in [0.2, 0.25) is 0 Å². The predicted octanol–water partition coefficient (Wildman–Crippen LogP) is 2.39. The average molecular weight is 435 g/mol. The molecule has 0 fully saturated rings. The van der Waals surface area contributed by atoms with E-state index >= 15 is 0 Å². The molecule has 11 heteroatoms. The molecule has 0 aliphatic carbocycles. The molecule has 162 valence electrons. The number of nitrogens with zero attached hydrogens (tertiary/aromatic N) is 5. The number of rotatable bonds is 7. The van der Waals surface area contributed by atoms with E-state index in [1.165, 1.54) is 49.6 Å². The summed E-state index contributed by atoms with van der Waals surface area (Å²) in [5.74, 6) is 0.487. The van der Waals surface area contributed by atoms with Crippen molar-refractivity contribution in [2.24, 2.45) is 0 Å². The largest absolute Gasteiger partial charge is 0.497 e. The van der Waals surface area contributed by atoms with Crippen LogP contribution in [0.3, 0.4) is 0 Å². The second-order valence-corrected chi connectivity index (χ2v) is 6.71. The maximum Gasteiger partial charge on any atom is 0.294 e. The first-order valence-corrected chi connectivity index (χ1v) is 9.36. The topological polar surface area (TPSA) is 131 Å². The van der Waals surface area contributed by atoms with Gasteiger partial charge in [-0.1, -0.05) is 12.1 Å². The van der Waals surface area contributed by atoms with Crippen LogP contribution in [0.25, 0.3) is 16.7 Å². The fraction of sp³-hybridized carbons (Fsp3) is 0.143. The molecule has 2 heterocycles. The van der Waals surface area contributed by atoms with E-state index in [1.807, 2.05) is 0 Å². The Hall–Kier alpha value is -4.54. The minimum atomic E-state index is -0.537. The van der Waals surface area contributed by atoms with E-state index in [4.69, 9.17) is 9.47 Å². The lowest BCUT2D eigenvalue weighted by atomic mass is 10.1. The van der Waals surface area contributed by atoms with Gasteiger partial charge in [-0.05, 0) is 18.2 Å². The number of carbonyl (C=O) groups excluding carboxylic acids is 1. The number of fused-ring (bicyclic) bond motifs is 1. The van der Waals surface area contributed by atoms with Gasteiger partial charge in [0.05, 0.1) is 37.4 Å². The van der Waals surface area contributed by atoms with E-state index in [0.29, 0.717) is 11.5 Å². The standard InChI is InChI=1S/C21H17N5O6/c1-31-13-7-8-14(19(9-13)32-2)18(27)11-24-12-22-20-15(21(24)28)10-23-25(20)16-5-3-4-6-17(16)26(29)30/h3-10,12H,11H2,1-2H3. The number of benzene rings is 2. The molecule has 0 saturated heterocycles. The van der Waals surface area contributed by atoms with E-state index in [1.54, 1.807) is 24.3 Å². The van der Waals surface area contributed by atoms with Crippen molar-refractivity contribution in [2.45, 2.75) is 6.54 Å². The van der Waals surface area contributed by atoms with Gasteiger partial charge in [0.1, 0.15) is 28.9 Å². The van der Waals surface area contributed by atoms with E-state index < -0.39 is 10.5 Å². The molecule has 0 aliphatic heterocycles.